The molecule has 1 aliphatic rings. The zero-order valence-electron chi connectivity index (χ0n) is 9.60. The molecular formula is C11H14IN3O2. The van der Waals surface area contributed by atoms with Gasteiger partial charge in [-0.25, -0.2) is 14.8 Å². The van der Waals surface area contributed by atoms with Crippen molar-refractivity contribution in [2.45, 2.75) is 25.8 Å². The van der Waals surface area contributed by atoms with Crippen molar-refractivity contribution in [2.24, 2.45) is 0 Å². The highest BCUT2D eigenvalue weighted by atomic mass is 127. The Bertz CT molecular complexity index is 396. The number of hydrogen-bond donors (Lipinski definition) is 0. The maximum atomic E-state index is 11.8. The summed E-state index contributed by atoms with van der Waals surface area (Å²) in [7, 11) is 0. The second-order valence-corrected chi connectivity index (χ2v) is 5.05. The predicted octanol–water partition coefficient (Wildman–Crippen LogP) is 1.61. The first-order valence-electron chi connectivity index (χ1n) is 5.63. The molecule has 1 atom stereocenters. The molecule has 0 aliphatic carbocycles. The van der Waals surface area contributed by atoms with Gasteiger partial charge in [-0.05, 0) is 42.4 Å². The molecule has 1 unspecified atom stereocenters. The molecule has 0 bridgehead atoms. The van der Waals surface area contributed by atoms with Crippen molar-refractivity contribution in [3.05, 3.63) is 16.0 Å². The number of anilines is 1. The number of esters is 1. The summed E-state index contributed by atoms with van der Waals surface area (Å²) in [5.41, 5.74) is 0. The van der Waals surface area contributed by atoms with E-state index in [4.69, 9.17) is 4.74 Å². The quantitative estimate of drug-likeness (QED) is 0.614. The molecule has 1 fully saturated rings. The van der Waals surface area contributed by atoms with Crippen molar-refractivity contribution in [3.63, 3.8) is 0 Å². The first kappa shape index (κ1) is 12.5. The van der Waals surface area contributed by atoms with Crippen LogP contribution >= 0.6 is 22.6 Å². The van der Waals surface area contributed by atoms with Crippen LogP contribution in [0.2, 0.25) is 0 Å². The van der Waals surface area contributed by atoms with E-state index in [0.717, 1.165) is 23.0 Å². The normalized spacial score (nSPS) is 19.4. The van der Waals surface area contributed by atoms with E-state index >= 15 is 0 Å². The van der Waals surface area contributed by atoms with Crippen LogP contribution in [-0.2, 0) is 9.53 Å². The average Bonchev–Trinajstić information content (AvgIpc) is 2.79. The molecule has 0 N–H and O–H groups in total. The summed E-state index contributed by atoms with van der Waals surface area (Å²) >= 11 is 2.16. The van der Waals surface area contributed by atoms with Crippen molar-refractivity contribution in [1.82, 2.24) is 9.97 Å². The Morgan fingerprint density at radius 3 is 2.94 bits per heavy atom. The van der Waals surface area contributed by atoms with Crippen LogP contribution in [0, 0.1) is 3.57 Å². The van der Waals surface area contributed by atoms with Gasteiger partial charge in [-0.15, -0.1) is 0 Å². The Morgan fingerprint density at radius 2 is 2.29 bits per heavy atom. The van der Waals surface area contributed by atoms with Crippen LogP contribution < -0.4 is 4.90 Å². The molecule has 0 saturated carbocycles. The van der Waals surface area contributed by atoms with Crippen molar-refractivity contribution in [1.29, 1.82) is 0 Å². The summed E-state index contributed by atoms with van der Waals surface area (Å²) in [6.07, 6.45) is 5.29. The summed E-state index contributed by atoms with van der Waals surface area (Å²) < 4.78 is 6.05. The van der Waals surface area contributed by atoms with Crippen LogP contribution in [-0.4, -0.2) is 35.1 Å². The largest absolute Gasteiger partial charge is 0.464 e. The molecule has 1 saturated heterocycles. The van der Waals surface area contributed by atoms with Crippen molar-refractivity contribution in [2.75, 3.05) is 18.1 Å². The zero-order valence-corrected chi connectivity index (χ0v) is 11.8. The zero-order chi connectivity index (χ0) is 12.3. The van der Waals surface area contributed by atoms with Gasteiger partial charge in [0.2, 0.25) is 5.95 Å². The summed E-state index contributed by atoms with van der Waals surface area (Å²) in [5.74, 6) is 0.438. The minimum Gasteiger partial charge on any atom is -0.464 e. The highest BCUT2D eigenvalue weighted by Crippen LogP contribution is 2.23. The third-order valence-electron chi connectivity index (χ3n) is 2.68. The van der Waals surface area contributed by atoms with Gasteiger partial charge in [-0.1, -0.05) is 0 Å². The topological polar surface area (TPSA) is 55.3 Å². The fourth-order valence-electron chi connectivity index (χ4n) is 1.94. The van der Waals surface area contributed by atoms with Gasteiger partial charge in [0.15, 0.2) is 0 Å². The number of ether oxygens (including phenoxy) is 1. The van der Waals surface area contributed by atoms with E-state index in [1.807, 2.05) is 11.8 Å². The van der Waals surface area contributed by atoms with Gasteiger partial charge in [-0.3, -0.25) is 0 Å². The summed E-state index contributed by atoms with van der Waals surface area (Å²) in [5, 5.41) is 0. The molecule has 5 nitrogen and oxygen atoms in total. The van der Waals surface area contributed by atoms with Crippen molar-refractivity contribution >= 4 is 34.5 Å². The fraction of sp³-hybridized carbons (Fsp3) is 0.545. The standard InChI is InChI=1S/C11H14IN3O2/c1-2-17-10(16)9-4-3-5-15(9)11-13-6-8(12)7-14-11/h6-7,9H,2-5H2,1H3. The minimum absolute atomic E-state index is 0.174. The SMILES string of the molecule is CCOC(=O)C1CCCN1c1ncc(I)cn1. The number of halogens is 1. The van der Waals surface area contributed by atoms with Crippen LogP contribution in [0.25, 0.3) is 0 Å². The first-order chi connectivity index (χ1) is 8.22. The van der Waals surface area contributed by atoms with Crippen LogP contribution in [0.4, 0.5) is 5.95 Å². The molecule has 2 rings (SSSR count). The van der Waals surface area contributed by atoms with Gasteiger partial charge in [-0.2, -0.15) is 0 Å². The van der Waals surface area contributed by atoms with Gasteiger partial charge >= 0.3 is 5.97 Å². The lowest BCUT2D eigenvalue weighted by Gasteiger charge is -2.22. The highest BCUT2D eigenvalue weighted by Gasteiger charge is 2.33. The van der Waals surface area contributed by atoms with Crippen molar-refractivity contribution < 1.29 is 9.53 Å². The summed E-state index contributed by atoms with van der Waals surface area (Å²) in [6.45, 7) is 3.04. The lowest BCUT2D eigenvalue weighted by molar-refractivity contribution is -0.144. The van der Waals surface area contributed by atoms with Gasteiger partial charge in [0.05, 0.1) is 6.61 Å². The molecule has 1 aromatic rings. The Labute approximate surface area is 114 Å². The van der Waals surface area contributed by atoms with Crippen LogP contribution in [0.1, 0.15) is 19.8 Å². The molecule has 0 spiro atoms. The Hall–Kier alpha value is -0.920. The van der Waals surface area contributed by atoms with E-state index in [9.17, 15) is 4.79 Å². The van der Waals surface area contributed by atoms with E-state index in [0.29, 0.717) is 12.6 Å². The minimum atomic E-state index is -0.227. The molecule has 1 aromatic heterocycles. The number of carbonyl (C=O) groups excluding carboxylic acids is 1. The smallest absolute Gasteiger partial charge is 0.328 e. The second-order valence-electron chi connectivity index (χ2n) is 3.80. The third-order valence-corrected chi connectivity index (χ3v) is 3.23. The monoisotopic (exact) mass is 347 g/mol. The highest BCUT2D eigenvalue weighted by molar-refractivity contribution is 14.1. The number of aromatic nitrogens is 2. The van der Waals surface area contributed by atoms with Gasteiger partial charge < -0.3 is 9.64 Å². The molecular weight excluding hydrogens is 333 g/mol. The lowest BCUT2D eigenvalue weighted by atomic mass is 10.2. The second kappa shape index (κ2) is 5.61. The average molecular weight is 347 g/mol. The maximum absolute atomic E-state index is 11.8. The molecule has 0 amide bonds. The third kappa shape index (κ3) is 2.85. The van der Waals surface area contributed by atoms with E-state index in [1.165, 1.54) is 0 Å². The predicted molar refractivity (Wildman–Crippen MR) is 71.8 cm³/mol. The van der Waals surface area contributed by atoms with E-state index in [-0.39, 0.29) is 12.0 Å². The molecule has 0 aromatic carbocycles. The molecule has 2 heterocycles. The van der Waals surface area contributed by atoms with Crippen LogP contribution in [0.15, 0.2) is 12.4 Å². The van der Waals surface area contributed by atoms with Crippen LogP contribution in [0.3, 0.4) is 0 Å². The Kier molecular flexibility index (Phi) is 4.14. The number of rotatable bonds is 3. The molecule has 17 heavy (non-hydrogen) atoms. The first-order valence-corrected chi connectivity index (χ1v) is 6.71. The van der Waals surface area contributed by atoms with E-state index in [2.05, 4.69) is 32.6 Å². The van der Waals surface area contributed by atoms with Gasteiger partial charge in [0.1, 0.15) is 6.04 Å². The number of carbonyl (C=O) groups is 1. The summed E-state index contributed by atoms with van der Waals surface area (Å²) in [4.78, 5) is 22.2. The number of hydrogen-bond acceptors (Lipinski definition) is 5. The number of nitrogens with zero attached hydrogens (tertiary/aromatic N) is 3. The lowest BCUT2D eigenvalue weighted by Crippen LogP contribution is -2.38. The van der Waals surface area contributed by atoms with Crippen molar-refractivity contribution in [3.8, 4) is 0 Å². The molecule has 1 aliphatic heterocycles. The van der Waals surface area contributed by atoms with Gasteiger partial charge in [0, 0.05) is 22.5 Å². The fourth-order valence-corrected chi connectivity index (χ4v) is 2.22. The Morgan fingerprint density at radius 1 is 1.59 bits per heavy atom. The van der Waals surface area contributed by atoms with E-state index in [1.54, 1.807) is 12.4 Å². The molecule has 6 heteroatoms. The molecule has 92 valence electrons. The Balaban J connectivity index is 2.14. The van der Waals surface area contributed by atoms with Crippen LogP contribution in [0.5, 0.6) is 0 Å². The molecule has 0 radical (unpaired) electrons. The van der Waals surface area contributed by atoms with E-state index < -0.39 is 0 Å². The van der Waals surface area contributed by atoms with Gasteiger partial charge in [0.25, 0.3) is 0 Å². The summed E-state index contributed by atoms with van der Waals surface area (Å²) in [6, 6.07) is -0.227. The maximum Gasteiger partial charge on any atom is 0.328 e.